The van der Waals surface area contributed by atoms with Gasteiger partial charge in [0.1, 0.15) is 23.3 Å². The number of halogens is 1. The zero-order valence-corrected chi connectivity index (χ0v) is 17.2. The summed E-state index contributed by atoms with van der Waals surface area (Å²) < 4.78 is 13.8. The van der Waals surface area contributed by atoms with Gasteiger partial charge in [-0.25, -0.2) is 9.37 Å². The minimum Gasteiger partial charge on any atom is -0.508 e. The summed E-state index contributed by atoms with van der Waals surface area (Å²) in [6, 6.07) is 8.27. The van der Waals surface area contributed by atoms with Crippen LogP contribution in [0.15, 0.2) is 36.4 Å². The molecule has 2 aromatic carbocycles. The van der Waals surface area contributed by atoms with E-state index in [-0.39, 0.29) is 23.2 Å². The molecule has 0 aliphatic carbocycles. The summed E-state index contributed by atoms with van der Waals surface area (Å²) in [5.41, 5.74) is 2.61. The van der Waals surface area contributed by atoms with Crippen molar-refractivity contribution in [3.63, 3.8) is 0 Å². The van der Waals surface area contributed by atoms with E-state index >= 15 is 0 Å². The molecule has 7 heteroatoms. The Morgan fingerprint density at radius 1 is 1.07 bits per heavy atom. The van der Waals surface area contributed by atoms with Crippen molar-refractivity contribution < 1.29 is 24.2 Å². The van der Waals surface area contributed by atoms with Crippen molar-refractivity contribution in [2.75, 3.05) is 0 Å². The molecule has 3 aromatic rings. The summed E-state index contributed by atoms with van der Waals surface area (Å²) in [6.45, 7) is 6.88. The fourth-order valence-electron chi connectivity index (χ4n) is 3.34. The second-order valence-corrected chi connectivity index (χ2v) is 7.60. The fraction of sp³-hybridized carbons (Fsp3) is 0.261. The zero-order valence-electron chi connectivity index (χ0n) is 17.2. The van der Waals surface area contributed by atoms with Crippen LogP contribution in [0.1, 0.15) is 48.4 Å². The predicted octanol–water partition coefficient (Wildman–Crippen LogP) is 4.38. The smallest absolute Gasteiger partial charge is 0.325 e. The van der Waals surface area contributed by atoms with Crippen molar-refractivity contribution in [1.29, 1.82) is 0 Å². The van der Waals surface area contributed by atoms with Gasteiger partial charge in [-0.3, -0.25) is 9.59 Å². The van der Waals surface area contributed by atoms with E-state index in [9.17, 15) is 19.1 Å². The molecule has 156 valence electrons. The van der Waals surface area contributed by atoms with Crippen LogP contribution < -0.4 is 5.32 Å². The number of hydrogen-bond acceptors (Lipinski definition) is 4. The summed E-state index contributed by atoms with van der Waals surface area (Å²) in [4.78, 5) is 28.6. The number of amides is 1. The van der Waals surface area contributed by atoms with Crippen LogP contribution in [0.3, 0.4) is 0 Å². The summed E-state index contributed by atoms with van der Waals surface area (Å²) in [6.07, 6.45) is 0. The number of aromatic nitrogens is 1. The Balaban J connectivity index is 2.33. The van der Waals surface area contributed by atoms with Gasteiger partial charge in [-0.05, 0) is 66.6 Å². The summed E-state index contributed by atoms with van der Waals surface area (Å²) >= 11 is 0. The molecule has 0 radical (unpaired) electrons. The number of rotatable bonds is 5. The van der Waals surface area contributed by atoms with Gasteiger partial charge in [0.25, 0.3) is 5.91 Å². The molecule has 30 heavy (non-hydrogen) atoms. The Morgan fingerprint density at radius 2 is 1.77 bits per heavy atom. The Labute approximate surface area is 173 Å². The number of nitrogens with zero attached hydrogens (tertiary/aromatic N) is 1. The lowest BCUT2D eigenvalue weighted by molar-refractivity contribution is -0.138. The number of fused-ring (bicyclic) bond motifs is 1. The topological polar surface area (TPSA) is 99.5 Å². The van der Waals surface area contributed by atoms with Crippen LogP contribution in [0, 0.1) is 12.7 Å². The average molecular weight is 410 g/mol. The number of carbonyl (C=O) groups excluding carboxylic acids is 1. The number of carboxylic acids is 1. The SMILES string of the molecule is Cc1cc(-c2c(C(C)C)nc(C(=O)N[C@@H](C)C(=O)O)c3cc(O)ccc23)ccc1F. The zero-order chi connectivity index (χ0) is 22.2. The third kappa shape index (κ3) is 3.96. The molecule has 0 spiro atoms. The molecular weight excluding hydrogens is 387 g/mol. The Bertz CT molecular complexity index is 1160. The largest absolute Gasteiger partial charge is 0.508 e. The van der Waals surface area contributed by atoms with E-state index in [0.29, 0.717) is 22.0 Å². The fourth-order valence-corrected chi connectivity index (χ4v) is 3.34. The number of hydrogen-bond donors (Lipinski definition) is 3. The van der Waals surface area contributed by atoms with Crippen LogP contribution in [-0.4, -0.2) is 33.1 Å². The van der Waals surface area contributed by atoms with E-state index < -0.39 is 17.9 Å². The van der Waals surface area contributed by atoms with Crippen LogP contribution in [0.25, 0.3) is 21.9 Å². The third-order valence-electron chi connectivity index (χ3n) is 4.94. The molecule has 0 fully saturated rings. The van der Waals surface area contributed by atoms with Crippen LogP contribution in [-0.2, 0) is 4.79 Å². The lowest BCUT2D eigenvalue weighted by Crippen LogP contribution is -2.38. The Hall–Kier alpha value is -3.48. The maximum absolute atomic E-state index is 13.8. The summed E-state index contributed by atoms with van der Waals surface area (Å²) in [5, 5.41) is 22.6. The minimum atomic E-state index is -1.17. The number of aromatic hydroxyl groups is 1. The maximum Gasteiger partial charge on any atom is 0.325 e. The summed E-state index contributed by atoms with van der Waals surface area (Å²) in [5.74, 6) is -2.27. The molecule has 0 unspecified atom stereocenters. The van der Waals surface area contributed by atoms with Crippen molar-refractivity contribution in [3.8, 4) is 16.9 Å². The first-order chi connectivity index (χ1) is 14.1. The molecule has 1 aromatic heterocycles. The molecule has 1 amide bonds. The van der Waals surface area contributed by atoms with Gasteiger partial charge in [0.05, 0.1) is 5.69 Å². The molecule has 3 rings (SSSR count). The first-order valence-corrected chi connectivity index (χ1v) is 9.57. The number of carboxylic acid groups (broad SMARTS) is 1. The number of pyridine rings is 1. The normalized spacial score (nSPS) is 12.2. The van der Waals surface area contributed by atoms with Gasteiger partial charge in [-0.2, -0.15) is 0 Å². The second kappa shape index (κ2) is 8.10. The molecule has 0 saturated carbocycles. The van der Waals surface area contributed by atoms with Crippen molar-refractivity contribution >= 4 is 22.6 Å². The number of aliphatic carboxylic acids is 1. The molecule has 0 aliphatic heterocycles. The standard InChI is InChI=1S/C23H23FN2O4/c1-11(2)20-19(14-5-8-18(24)12(3)9-14)16-7-6-15(27)10-17(16)21(26-20)22(28)25-13(4)23(29)30/h5-11,13,27H,1-4H3,(H,25,28)(H,29,30)/t13-/m0/s1. The van der Waals surface area contributed by atoms with Gasteiger partial charge in [-0.15, -0.1) is 0 Å². The van der Waals surface area contributed by atoms with E-state index in [1.54, 1.807) is 25.1 Å². The highest BCUT2D eigenvalue weighted by Crippen LogP contribution is 2.38. The van der Waals surface area contributed by atoms with Gasteiger partial charge in [-0.1, -0.05) is 19.9 Å². The maximum atomic E-state index is 13.8. The molecule has 6 nitrogen and oxygen atoms in total. The van der Waals surface area contributed by atoms with Crippen LogP contribution >= 0.6 is 0 Å². The lowest BCUT2D eigenvalue weighted by atomic mass is 9.90. The van der Waals surface area contributed by atoms with Crippen LogP contribution in [0.4, 0.5) is 4.39 Å². The highest BCUT2D eigenvalue weighted by atomic mass is 19.1. The number of benzene rings is 2. The van der Waals surface area contributed by atoms with Crippen molar-refractivity contribution in [3.05, 3.63) is 59.2 Å². The average Bonchev–Trinajstić information content (AvgIpc) is 2.68. The molecule has 1 heterocycles. The third-order valence-corrected chi connectivity index (χ3v) is 4.94. The van der Waals surface area contributed by atoms with E-state index in [4.69, 9.17) is 5.11 Å². The van der Waals surface area contributed by atoms with Crippen LogP contribution in [0.2, 0.25) is 0 Å². The quantitative estimate of drug-likeness (QED) is 0.580. The first-order valence-electron chi connectivity index (χ1n) is 9.57. The number of carbonyl (C=O) groups is 2. The number of aryl methyl sites for hydroxylation is 1. The van der Waals surface area contributed by atoms with Gasteiger partial charge in [0, 0.05) is 10.9 Å². The highest BCUT2D eigenvalue weighted by molar-refractivity contribution is 6.10. The number of phenols is 1. The van der Waals surface area contributed by atoms with Gasteiger partial charge in [0.2, 0.25) is 0 Å². The number of nitrogens with one attached hydrogen (secondary N) is 1. The van der Waals surface area contributed by atoms with Crippen molar-refractivity contribution in [2.45, 2.75) is 39.7 Å². The molecule has 0 aliphatic rings. The van der Waals surface area contributed by atoms with Crippen molar-refractivity contribution in [1.82, 2.24) is 10.3 Å². The molecular formula is C23H23FN2O4. The lowest BCUT2D eigenvalue weighted by Gasteiger charge is -2.19. The molecule has 1 atom stereocenters. The molecule has 3 N–H and O–H groups in total. The van der Waals surface area contributed by atoms with E-state index in [1.807, 2.05) is 13.8 Å². The summed E-state index contributed by atoms with van der Waals surface area (Å²) in [7, 11) is 0. The monoisotopic (exact) mass is 410 g/mol. The highest BCUT2D eigenvalue weighted by Gasteiger charge is 2.24. The van der Waals surface area contributed by atoms with Crippen LogP contribution in [0.5, 0.6) is 5.75 Å². The van der Waals surface area contributed by atoms with Crippen molar-refractivity contribution in [2.24, 2.45) is 0 Å². The molecule has 0 bridgehead atoms. The minimum absolute atomic E-state index is 0.0280. The first kappa shape index (κ1) is 21.2. The predicted molar refractivity (Wildman–Crippen MR) is 112 cm³/mol. The number of phenolic OH excluding ortho intramolecular Hbond substituents is 1. The van der Waals surface area contributed by atoms with E-state index in [2.05, 4.69) is 10.3 Å². The second-order valence-electron chi connectivity index (χ2n) is 7.60. The van der Waals surface area contributed by atoms with Gasteiger partial charge in [0.15, 0.2) is 0 Å². The van der Waals surface area contributed by atoms with E-state index in [1.165, 1.54) is 25.1 Å². The Morgan fingerprint density at radius 3 is 2.37 bits per heavy atom. The Kier molecular flexibility index (Phi) is 5.73. The molecule has 0 saturated heterocycles. The van der Waals surface area contributed by atoms with Gasteiger partial charge < -0.3 is 15.5 Å². The van der Waals surface area contributed by atoms with Gasteiger partial charge >= 0.3 is 5.97 Å². The van der Waals surface area contributed by atoms with E-state index in [0.717, 1.165) is 11.1 Å².